The number of halogens is 1. The summed E-state index contributed by atoms with van der Waals surface area (Å²) in [6.45, 7) is 1.66. The van der Waals surface area contributed by atoms with E-state index in [-0.39, 0.29) is 5.91 Å². The van der Waals surface area contributed by atoms with Crippen LogP contribution in [-0.2, 0) is 4.79 Å². The maximum absolute atomic E-state index is 11.9. The van der Waals surface area contributed by atoms with E-state index in [1.165, 1.54) is 0 Å². The Morgan fingerprint density at radius 3 is 2.44 bits per heavy atom. The van der Waals surface area contributed by atoms with Crippen molar-refractivity contribution in [3.63, 3.8) is 0 Å². The van der Waals surface area contributed by atoms with Gasteiger partial charge in [-0.1, -0.05) is 41.9 Å². The number of hydrogen-bond donors (Lipinski definition) is 0. The number of nitrogens with zero attached hydrogens (tertiary/aromatic N) is 1. The second-order valence-corrected chi connectivity index (χ2v) is 4.31. The minimum absolute atomic E-state index is 0.0528. The minimum atomic E-state index is -0.0528. The summed E-state index contributed by atoms with van der Waals surface area (Å²) in [5.41, 5.74) is 0.958. The molecule has 84 valence electrons. The summed E-state index contributed by atoms with van der Waals surface area (Å²) < 4.78 is 0. The highest BCUT2D eigenvalue weighted by molar-refractivity contribution is 6.44. The summed E-state index contributed by atoms with van der Waals surface area (Å²) in [5.74, 6) is -0.0528. The topological polar surface area (TPSA) is 20.3 Å². The highest BCUT2D eigenvalue weighted by Crippen LogP contribution is 2.16. The standard InChI is InChI=1S/C13H14ClNO/c14-12(10-11-6-2-1-3-7-11)13(16)15-8-4-5-9-15/h1-3,6-7,10H,4-5,8-9H2/b12-10+. The number of likely N-dealkylation sites (tertiary alicyclic amines) is 1. The normalized spacial score (nSPS) is 16.6. The summed E-state index contributed by atoms with van der Waals surface area (Å²) in [6, 6.07) is 9.65. The highest BCUT2D eigenvalue weighted by Gasteiger charge is 2.19. The fourth-order valence-electron chi connectivity index (χ4n) is 1.83. The molecule has 0 aromatic heterocycles. The van der Waals surface area contributed by atoms with Crippen LogP contribution in [0.4, 0.5) is 0 Å². The number of rotatable bonds is 2. The van der Waals surface area contributed by atoms with Gasteiger partial charge in [-0.3, -0.25) is 4.79 Å². The van der Waals surface area contributed by atoms with Crippen LogP contribution in [0.1, 0.15) is 18.4 Å². The van der Waals surface area contributed by atoms with E-state index in [2.05, 4.69) is 0 Å². The smallest absolute Gasteiger partial charge is 0.265 e. The first-order chi connectivity index (χ1) is 7.77. The van der Waals surface area contributed by atoms with E-state index in [9.17, 15) is 4.79 Å². The zero-order valence-corrected chi connectivity index (χ0v) is 9.78. The lowest BCUT2D eigenvalue weighted by molar-refractivity contribution is -0.125. The molecule has 1 aromatic carbocycles. The van der Waals surface area contributed by atoms with Crippen LogP contribution in [0.25, 0.3) is 6.08 Å². The SMILES string of the molecule is O=C(/C(Cl)=C\c1ccccc1)N1CCCC1. The van der Waals surface area contributed by atoms with E-state index in [0.717, 1.165) is 31.5 Å². The zero-order valence-electron chi connectivity index (χ0n) is 9.03. The number of carbonyl (C=O) groups excluding carboxylic acids is 1. The third-order valence-electron chi connectivity index (χ3n) is 2.69. The van der Waals surface area contributed by atoms with Crippen molar-refractivity contribution in [2.45, 2.75) is 12.8 Å². The average molecular weight is 236 g/mol. The lowest BCUT2D eigenvalue weighted by atomic mass is 10.2. The molecule has 1 heterocycles. The molecule has 0 atom stereocenters. The van der Waals surface area contributed by atoms with Crippen LogP contribution in [-0.4, -0.2) is 23.9 Å². The van der Waals surface area contributed by atoms with Gasteiger partial charge in [0.15, 0.2) is 0 Å². The van der Waals surface area contributed by atoms with E-state index < -0.39 is 0 Å². The maximum Gasteiger partial charge on any atom is 0.265 e. The summed E-state index contributed by atoms with van der Waals surface area (Å²) in [6.07, 6.45) is 3.89. The van der Waals surface area contributed by atoms with Gasteiger partial charge in [-0.2, -0.15) is 0 Å². The van der Waals surface area contributed by atoms with Crippen LogP contribution in [0.2, 0.25) is 0 Å². The number of hydrogen-bond acceptors (Lipinski definition) is 1. The van der Waals surface area contributed by atoms with Gasteiger partial charge in [0.2, 0.25) is 0 Å². The molecule has 0 aliphatic carbocycles. The first kappa shape index (κ1) is 11.2. The lowest BCUT2D eigenvalue weighted by Crippen LogP contribution is -2.27. The fourth-order valence-corrected chi connectivity index (χ4v) is 2.07. The largest absolute Gasteiger partial charge is 0.338 e. The molecular weight excluding hydrogens is 222 g/mol. The second-order valence-electron chi connectivity index (χ2n) is 3.90. The summed E-state index contributed by atoms with van der Waals surface area (Å²) in [5, 5.41) is 0.299. The Hall–Kier alpha value is -1.28. The Labute approximate surface area is 101 Å². The van der Waals surface area contributed by atoms with Crippen molar-refractivity contribution in [1.29, 1.82) is 0 Å². The van der Waals surface area contributed by atoms with Crippen LogP contribution >= 0.6 is 11.6 Å². The Bertz CT molecular complexity index is 394. The monoisotopic (exact) mass is 235 g/mol. The van der Waals surface area contributed by atoms with Gasteiger partial charge in [0.05, 0.1) is 0 Å². The van der Waals surface area contributed by atoms with Crippen LogP contribution in [0.5, 0.6) is 0 Å². The molecule has 0 saturated carbocycles. The maximum atomic E-state index is 11.9. The third kappa shape index (κ3) is 2.64. The molecule has 1 aliphatic heterocycles. The molecule has 1 saturated heterocycles. The molecule has 1 amide bonds. The van der Waals surface area contributed by atoms with E-state index in [1.54, 1.807) is 6.08 Å². The molecule has 0 N–H and O–H groups in total. The Morgan fingerprint density at radius 2 is 1.81 bits per heavy atom. The van der Waals surface area contributed by atoms with E-state index in [4.69, 9.17) is 11.6 Å². The first-order valence-corrected chi connectivity index (χ1v) is 5.87. The average Bonchev–Trinajstić information content (AvgIpc) is 2.83. The van der Waals surface area contributed by atoms with Gasteiger partial charge in [-0.05, 0) is 24.5 Å². The molecule has 0 unspecified atom stereocenters. The van der Waals surface area contributed by atoms with Crippen molar-refractivity contribution >= 4 is 23.6 Å². The predicted molar refractivity (Wildman–Crippen MR) is 66.1 cm³/mol. The predicted octanol–water partition coefficient (Wildman–Crippen LogP) is 2.89. The number of amides is 1. The van der Waals surface area contributed by atoms with Crippen molar-refractivity contribution in [3.05, 3.63) is 40.9 Å². The van der Waals surface area contributed by atoms with E-state index >= 15 is 0 Å². The van der Waals surface area contributed by atoms with Gasteiger partial charge < -0.3 is 4.90 Å². The number of benzene rings is 1. The molecule has 16 heavy (non-hydrogen) atoms. The molecule has 0 bridgehead atoms. The molecule has 2 rings (SSSR count). The molecule has 0 radical (unpaired) electrons. The molecule has 1 aromatic rings. The fraction of sp³-hybridized carbons (Fsp3) is 0.308. The van der Waals surface area contributed by atoms with Gasteiger partial charge in [0.1, 0.15) is 5.03 Å². The van der Waals surface area contributed by atoms with E-state index in [0.29, 0.717) is 5.03 Å². The summed E-state index contributed by atoms with van der Waals surface area (Å²) >= 11 is 6.02. The van der Waals surface area contributed by atoms with Crippen LogP contribution in [0.15, 0.2) is 35.4 Å². The van der Waals surface area contributed by atoms with Crippen molar-refractivity contribution < 1.29 is 4.79 Å². The zero-order chi connectivity index (χ0) is 11.4. The molecule has 1 aliphatic rings. The molecular formula is C13H14ClNO. The van der Waals surface area contributed by atoms with Crippen LogP contribution in [0.3, 0.4) is 0 Å². The van der Waals surface area contributed by atoms with Gasteiger partial charge >= 0.3 is 0 Å². The molecule has 0 spiro atoms. The Balaban J connectivity index is 2.09. The first-order valence-electron chi connectivity index (χ1n) is 5.49. The third-order valence-corrected chi connectivity index (χ3v) is 2.96. The molecule has 2 nitrogen and oxygen atoms in total. The van der Waals surface area contributed by atoms with Crippen molar-refractivity contribution in [2.75, 3.05) is 13.1 Å². The molecule has 1 fully saturated rings. The lowest BCUT2D eigenvalue weighted by Gasteiger charge is -2.14. The van der Waals surface area contributed by atoms with Gasteiger partial charge in [-0.25, -0.2) is 0 Å². The Kier molecular flexibility index (Phi) is 3.62. The quantitative estimate of drug-likeness (QED) is 0.722. The Morgan fingerprint density at radius 1 is 1.19 bits per heavy atom. The van der Waals surface area contributed by atoms with Crippen molar-refractivity contribution in [2.24, 2.45) is 0 Å². The van der Waals surface area contributed by atoms with Crippen molar-refractivity contribution in [3.8, 4) is 0 Å². The van der Waals surface area contributed by atoms with Crippen LogP contribution in [0, 0.1) is 0 Å². The summed E-state index contributed by atoms with van der Waals surface area (Å²) in [4.78, 5) is 13.7. The number of carbonyl (C=O) groups is 1. The second kappa shape index (κ2) is 5.17. The van der Waals surface area contributed by atoms with E-state index in [1.807, 2.05) is 35.2 Å². The van der Waals surface area contributed by atoms with Crippen molar-refractivity contribution in [1.82, 2.24) is 4.90 Å². The van der Waals surface area contributed by atoms with Gasteiger partial charge in [-0.15, -0.1) is 0 Å². The molecule has 3 heteroatoms. The van der Waals surface area contributed by atoms with Crippen LogP contribution < -0.4 is 0 Å². The highest BCUT2D eigenvalue weighted by atomic mass is 35.5. The van der Waals surface area contributed by atoms with Gasteiger partial charge in [0, 0.05) is 13.1 Å². The van der Waals surface area contributed by atoms with Gasteiger partial charge in [0.25, 0.3) is 5.91 Å². The summed E-state index contributed by atoms with van der Waals surface area (Å²) in [7, 11) is 0. The minimum Gasteiger partial charge on any atom is -0.338 e.